The molecule has 4 aromatic rings. The quantitative estimate of drug-likeness (QED) is 0.107. The van der Waals surface area contributed by atoms with E-state index >= 15 is 0 Å². The van der Waals surface area contributed by atoms with Crippen LogP contribution in [0.3, 0.4) is 0 Å². The monoisotopic (exact) mass is 635 g/mol. The smallest absolute Gasteiger partial charge is 0.335 e. The van der Waals surface area contributed by atoms with Crippen molar-refractivity contribution < 1.29 is 43.6 Å². The lowest BCUT2D eigenvalue weighted by molar-refractivity contribution is -0.0354. The highest BCUT2D eigenvalue weighted by Crippen LogP contribution is 2.55. The molecule has 1 fully saturated rings. The maximum atomic E-state index is 12.7. The van der Waals surface area contributed by atoms with E-state index in [0.29, 0.717) is 16.8 Å². The van der Waals surface area contributed by atoms with Crippen LogP contribution in [0.2, 0.25) is 5.28 Å². The predicted octanol–water partition coefficient (Wildman–Crippen LogP) is 2.85. The molecule has 1 aliphatic carbocycles. The fourth-order valence-corrected chi connectivity index (χ4v) is 8.98. The molecule has 0 amide bonds. The summed E-state index contributed by atoms with van der Waals surface area (Å²) >= 11 is 6.23. The third-order valence-corrected chi connectivity index (χ3v) is 11.5. The molecule has 17 heteroatoms. The summed E-state index contributed by atoms with van der Waals surface area (Å²) in [4.78, 5) is 53.6. The van der Waals surface area contributed by atoms with Crippen molar-refractivity contribution >= 4 is 55.0 Å². The summed E-state index contributed by atoms with van der Waals surface area (Å²) in [7, 11) is -8.96. The number of anilines is 2. The molecule has 2 unspecified atom stereocenters. The number of fused-ring (bicyclic) bond motifs is 4. The number of aliphatic hydroxyl groups excluding tert-OH is 2. The number of nitrogens with one attached hydrogen (secondary N) is 1. The normalized spacial score (nSPS) is 23.1. The molecule has 2 aromatic heterocycles. The van der Waals surface area contributed by atoms with Crippen LogP contribution in [0.5, 0.6) is 0 Å². The molecule has 42 heavy (non-hydrogen) atoms. The van der Waals surface area contributed by atoms with Gasteiger partial charge in [-0.1, -0.05) is 24.3 Å². The predicted molar refractivity (Wildman–Crippen MR) is 151 cm³/mol. The number of nitrogens with zero attached hydrogens (tertiary/aromatic N) is 4. The first-order chi connectivity index (χ1) is 19.8. The Morgan fingerprint density at radius 3 is 2.43 bits per heavy atom. The fraction of sp³-hybridized carbons (Fsp3) is 0.280. The van der Waals surface area contributed by atoms with E-state index in [4.69, 9.17) is 26.1 Å². The Hall–Kier alpha value is -3.03. The SMILES string of the molecule is O=C1c2ccccc2-c2cc(Nc3nc(Cl)nc4c3ncn4[C@@H]3O[C@H](CCP(=O)(O)CP(=O)(O)O)C(O)[C@@H]3O)ccc21. The lowest BCUT2D eigenvalue weighted by Gasteiger charge is -2.18. The van der Waals surface area contributed by atoms with Crippen molar-refractivity contribution in [2.45, 2.75) is 31.0 Å². The molecule has 1 saturated heterocycles. The molecule has 0 saturated carbocycles. The van der Waals surface area contributed by atoms with Crippen LogP contribution in [0.4, 0.5) is 11.5 Å². The number of hydrogen-bond donors (Lipinski definition) is 6. The van der Waals surface area contributed by atoms with Crippen LogP contribution in [0.25, 0.3) is 22.3 Å². The molecule has 2 aromatic carbocycles. The van der Waals surface area contributed by atoms with Crippen molar-refractivity contribution in [3.8, 4) is 11.1 Å². The topological polar surface area (TPSA) is 217 Å². The first kappa shape index (κ1) is 29.1. The molecule has 0 spiro atoms. The third-order valence-electron chi connectivity index (χ3n) is 7.16. The molecular formula is C25H24ClN5O9P2. The van der Waals surface area contributed by atoms with Crippen molar-refractivity contribution in [1.29, 1.82) is 0 Å². The lowest BCUT2D eigenvalue weighted by Crippen LogP contribution is -2.32. The average Bonchev–Trinajstić information content (AvgIpc) is 3.54. The molecule has 220 valence electrons. The summed E-state index contributed by atoms with van der Waals surface area (Å²) < 4.78 is 30.5. The number of hydrogen-bond acceptors (Lipinski definition) is 10. The summed E-state index contributed by atoms with van der Waals surface area (Å²) in [5.41, 5.74) is 3.79. The number of imidazole rings is 1. The number of halogens is 1. The summed E-state index contributed by atoms with van der Waals surface area (Å²) in [6.45, 7) is 0. The van der Waals surface area contributed by atoms with Gasteiger partial charge in [-0.15, -0.1) is 0 Å². The number of carbonyl (C=O) groups is 1. The Morgan fingerprint density at radius 2 is 1.69 bits per heavy atom. The minimum Gasteiger partial charge on any atom is -0.388 e. The maximum absolute atomic E-state index is 12.7. The zero-order valence-corrected chi connectivity index (χ0v) is 24.0. The second kappa shape index (κ2) is 10.6. The van der Waals surface area contributed by atoms with Gasteiger partial charge in [-0.25, -0.2) is 4.98 Å². The fourth-order valence-electron chi connectivity index (χ4n) is 5.29. The van der Waals surface area contributed by atoms with Crippen molar-refractivity contribution in [3.63, 3.8) is 0 Å². The molecule has 14 nitrogen and oxygen atoms in total. The molecule has 6 N–H and O–H groups in total. The van der Waals surface area contributed by atoms with E-state index in [2.05, 4.69) is 20.3 Å². The van der Waals surface area contributed by atoms with Crippen molar-refractivity contribution in [3.05, 3.63) is 65.2 Å². The molecule has 1 aliphatic heterocycles. The number of benzene rings is 2. The van der Waals surface area contributed by atoms with Gasteiger partial charge in [0.15, 0.2) is 29.0 Å². The largest absolute Gasteiger partial charge is 0.388 e. The molecular weight excluding hydrogens is 612 g/mol. The van der Waals surface area contributed by atoms with Crippen molar-refractivity contribution in [1.82, 2.24) is 19.5 Å². The van der Waals surface area contributed by atoms with Gasteiger partial charge in [0.05, 0.1) is 12.4 Å². The van der Waals surface area contributed by atoms with Gasteiger partial charge in [-0.05, 0) is 47.3 Å². The van der Waals surface area contributed by atoms with Crippen molar-refractivity contribution in [2.24, 2.45) is 0 Å². The van der Waals surface area contributed by atoms with Crippen LogP contribution >= 0.6 is 26.6 Å². The highest BCUT2D eigenvalue weighted by molar-refractivity contribution is 7.72. The molecule has 3 heterocycles. The van der Waals surface area contributed by atoms with Gasteiger partial charge in [-0.2, -0.15) is 9.97 Å². The Kier molecular flexibility index (Phi) is 7.33. The highest BCUT2D eigenvalue weighted by atomic mass is 35.5. The zero-order chi connectivity index (χ0) is 30.0. The second-order valence-electron chi connectivity index (χ2n) is 10.1. The molecule has 2 aliphatic rings. The minimum atomic E-state index is -4.74. The van der Waals surface area contributed by atoms with Gasteiger partial charge >= 0.3 is 7.60 Å². The van der Waals surface area contributed by atoms with Gasteiger partial charge in [0, 0.05) is 23.0 Å². The van der Waals surface area contributed by atoms with E-state index < -0.39 is 51.6 Å². The summed E-state index contributed by atoms with van der Waals surface area (Å²) in [6, 6.07) is 12.6. The second-order valence-corrected chi connectivity index (χ2v) is 15.1. The third kappa shape index (κ3) is 5.42. The van der Waals surface area contributed by atoms with E-state index in [9.17, 15) is 29.0 Å². The van der Waals surface area contributed by atoms with Crippen LogP contribution in [0.1, 0.15) is 28.6 Å². The van der Waals surface area contributed by atoms with E-state index in [-0.39, 0.29) is 34.5 Å². The number of ketones is 1. The number of carbonyl (C=O) groups excluding carboxylic acids is 1. The van der Waals surface area contributed by atoms with E-state index in [1.165, 1.54) is 10.9 Å². The van der Waals surface area contributed by atoms with E-state index in [0.717, 1.165) is 11.1 Å². The van der Waals surface area contributed by atoms with Crippen LogP contribution in [0.15, 0.2) is 48.8 Å². The average molecular weight is 636 g/mol. The number of rotatable bonds is 8. The van der Waals surface area contributed by atoms with Crippen LogP contribution < -0.4 is 5.32 Å². The summed E-state index contributed by atoms with van der Waals surface area (Å²) in [5, 5.41) is 24.3. The lowest BCUT2D eigenvalue weighted by atomic mass is 10.1. The summed E-state index contributed by atoms with van der Waals surface area (Å²) in [5.74, 6) is -1.03. The van der Waals surface area contributed by atoms with Crippen LogP contribution in [0, 0.1) is 0 Å². The number of ether oxygens (including phenoxy) is 1. The summed E-state index contributed by atoms with van der Waals surface area (Å²) in [6.07, 6.45) is -4.78. The minimum absolute atomic E-state index is 0.0578. The first-order valence-corrected chi connectivity index (χ1v) is 16.8. The molecule has 6 rings (SSSR count). The molecule has 0 bridgehead atoms. The van der Waals surface area contributed by atoms with E-state index in [1.807, 2.05) is 18.2 Å². The van der Waals surface area contributed by atoms with Crippen LogP contribution in [-0.4, -0.2) is 80.6 Å². The molecule has 0 radical (unpaired) electrons. The Bertz CT molecular complexity index is 1830. The van der Waals surface area contributed by atoms with Gasteiger partial charge in [0.25, 0.3) is 0 Å². The van der Waals surface area contributed by atoms with Crippen molar-refractivity contribution in [2.75, 3.05) is 17.4 Å². The Balaban J connectivity index is 1.26. The first-order valence-electron chi connectivity index (χ1n) is 12.6. The standard InChI is InChI=1S/C25H24ClN5O9P2/c26-25-29-22(28-12-5-6-15-16(9-12)13-3-1-2-4-14(13)19(15)32)18-23(30-25)31(10-27-18)24-21(34)20(33)17(40-24)7-8-41(35,36)11-42(37,38)39/h1-6,9-10,17,20-21,24,33-34H,7-8,11H2,(H,35,36)(H,28,29,30)(H2,37,38,39)/t17-,20?,21+,24-/m1/s1. The Labute approximate surface area is 242 Å². The number of aromatic nitrogens is 4. The number of aliphatic hydroxyl groups is 2. The highest BCUT2D eigenvalue weighted by Gasteiger charge is 2.45. The Morgan fingerprint density at radius 1 is 0.976 bits per heavy atom. The zero-order valence-electron chi connectivity index (χ0n) is 21.5. The van der Waals surface area contributed by atoms with Gasteiger partial charge in [0.1, 0.15) is 18.1 Å². The molecule has 5 atom stereocenters. The van der Waals surface area contributed by atoms with Gasteiger partial charge in [-0.3, -0.25) is 18.5 Å². The van der Waals surface area contributed by atoms with Gasteiger partial charge in [0.2, 0.25) is 12.7 Å². The maximum Gasteiger partial charge on any atom is 0.335 e. The van der Waals surface area contributed by atoms with Gasteiger partial charge < -0.3 is 34.9 Å². The van der Waals surface area contributed by atoms with Crippen LogP contribution in [-0.2, 0) is 13.9 Å². The van der Waals surface area contributed by atoms with E-state index in [1.54, 1.807) is 24.3 Å².